The number of sulfonamides is 1. The minimum Gasteiger partial charge on any atom is -0.497 e. The molecule has 0 aromatic heterocycles. The Labute approximate surface area is 176 Å². The van der Waals surface area contributed by atoms with Crippen molar-refractivity contribution in [2.75, 3.05) is 45.8 Å². The maximum absolute atomic E-state index is 12.7. The fourth-order valence-corrected chi connectivity index (χ4v) is 4.54. The normalized spacial score (nSPS) is 14.9. The minimum atomic E-state index is -3.51. The van der Waals surface area contributed by atoms with Gasteiger partial charge in [-0.2, -0.15) is 4.31 Å². The molecule has 162 valence electrons. The zero-order valence-electron chi connectivity index (χ0n) is 17.1. The summed E-state index contributed by atoms with van der Waals surface area (Å²) in [6, 6.07) is 11.8. The Morgan fingerprint density at radius 1 is 1.07 bits per heavy atom. The lowest BCUT2D eigenvalue weighted by molar-refractivity contribution is -0.116. The molecule has 1 N–H and O–H groups in total. The third-order valence-electron chi connectivity index (χ3n) is 4.85. The van der Waals surface area contributed by atoms with E-state index in [0.717, 1.165) is 5.56 Å². The second kappa shape index (κ2) is 9.92. The molecule has 2 aromatic carbocycles. The summed E-state index contributed by atoms with van der Waals surface area (Å²) in [4.78, 5) is 12.6. The van der Waals surface area contributed by atoms with Crippen molar-refractivity contribution in [3.63, 3.8) is 0 Å². The highest BCUT2D eigenvalue weighted by molar-refractivity contribution is 7.89. The van der Waals surface area contributed by atoms with Crippen molar-refractivity contribution in [2.24, 2.45) is 0 Å². The fraction of sp³-hybridized carbons (Fsp3) is 0.381. The standard InChI is InChI=1S/C21H26N2O6S/c1-27-17-6-9-19(20(15-17)28-2)22-21(24)10-5-16-3-7-18(8-4-16)30(25,26)23-11-13-29-14-12-23/h3-4,6-9,15H,5,10-14H2,1-2H3,(H,22,24). The number of methoxy groups -OCH3 is 2. The molecule has 8 nitrogen and oxygen atoms in total. The highest BCUT2D eigenvalue weighted by Crippen LogP contribution is 2.29. The summed E-state index contributed by atoms with van der Waals surface area (Å²) in [5.74, 6) is 0.987. The summed E-state index contributed by atoms with van der Waals surface area (Å²) in [5, 5.41) is 2.83. The molecule has 0 atom stereocenters. The quantitative estimate of drug-likeness (QED) is 0.685. The molecule has 0 saturated carbocycles. The predicted octanol–water partition coefficient (Wildman–Crippen LogP) is 2.30. The molecular formula is C21H26N2O6S. The summed E-state index contributed by atoms with van der Waals surface area (Å²) in [7, 11) is -0.430. The molecule has 3 rings (SSSR count). The second-order valence-electron chi connectivity index (χ2n) is 6.77. The number of amides is 1. The first-order valence-electron chi connectivity index (χ1n) is 9.63. The molecule has 0 bridgehead atoms. The maximum Gasteiger partial charge on any atom is 0.243 e. The highest BCUT2D eigenvalue weighted by atomic mass is 32.2. The maximum atomic E-state index is 12.7. The summed E-state index contributed by atoms with van der Waals surface area (Å²) < 4.78 is 42.4. The molecule has 0 unspecified atom stereocenters. The van der Waals surface area contributed by atoms with Crippen molar-refractivity contribution in [3.8, 4) is 11.5 Å². The molecule has 1 saturated heterocycles. The molecular weight excluding hydrogens is 408 g/mol. The molecule has 0 spiro atoms. The first-order chi connectivity index (χ1) is 14.4. The number of rotatable bonds is 8. The topological polar surface area (TPSA) is 94.2 Å². The van der Waals surface area contributed by atoms with Gasteiger partial charge in [0.2, 0.25) is 15.9 Å². The SMILES string of the molecule is COc1ccc(NC(=O)CCc2ccc(S(=O)(=O)N3CCOCC3)cc2)c(OC)c1. The molecule has 0 aliphatic carbocycles. The van der Waals surface area contributed by atoms with Crippen molar-refractivity contribution < 1.29 is 27.4 Å². The molecule has 1 aliphatic heterocycles. The fourth-order valence-electron chi connectivity index (χ4n) is 3.14. The van der Waals surface area contributed by atoms with Gasteiger partial charge in [-0.05, 0) is 36.2 Å². The summed E-state index contributed by atoms with van der Waals surface area (Å²) in [6.07, 6.45) is 0.743. The van der Waals surface area contributed by atoms with E-state index >= 15 is 0 Å². The number of carbonyl (C=O) groups excluding carboxylic acids is 1. The zero-order chi connectivity index (χ0) is 21.6. The number of nitrogens with zero attached hydrogens (tertiary/aromatic N) is 1. The van der Waals surface area contributed by atoms with Crippen molar-refractivity contribution in [2.45, 2.75) is 17.7 Å². The monoisotopic (exact) mass is 434 g/mol. The third kappa shape index (κ3) is 5.29. The Hall–Kier alpha value is -2.62. The first kappa shape index (κ1) is 22.1. The van der Waals surface area contributed by atoms with Crippen LogP contribution in [0, 0.1) is 0 Å². The lowest BCUT2D eigenvalue weighted by atomic mass is 10.1. The number of aryl methyl sites for hydroxylation is 1. The van der Waals surface area contributed by atoms with E-state index in [0.29, 0.717) is 49.9 Å². The predicted molar refractivity (Wildman–Crippen MR) is 113 cm³/mol. The Bertz CT molecular complexity index is 969. The number of carbonyl (C=O) groups is 1. The van der Waals surface area contributed by atoms with Crippen molar-refractivity contribution in [1.29, 1.82) is 0 Å². The van der Waals surface area contributed by atoms with Crippen LogP contribution in [0.25, 0.3) is 0 Å². The molecule has 1 fully saturated rings. The molecule has 9 heteroatoms. The summed E-state index contributed by atoms with van der Waals surface area (Å²) >= 11 is 0. The number of benzene rings is 2. The van der Waals surface area contributed by atoms with Gasteiger partial charge in [0.25, 0.3) is 0 Å². The van der Waals surface area contributed by atoms with E-state index in [2.05, 4.69) is 5.32 Å². The largest absolute Gasteiger partial charge is 0.497 e. The number of anilines is 1. The van der Waals surface area contributed by atoms with Gasteiger partial charge in [0, 0.05) is 25.6 Å². The first-order valence-corrected chi connectivity index (χ1v) is 11.1. The highest BCUT2D eigenvalue weighted by Gasteiger charge is 2.26. The Morgan fingerprint density at radius 2 is 1.77 bits per heavy atom. The Kier molecular flexibility index (Phi) is 7.30. The Balaban J connectivity index is 1.58. The molecule has 1 aliphatic rings. The van der Waals surface area contributed by atoms with Gasteiger partial charge in [0.05, 0.1) is 38.0 Å². The number of nitrogens with one attached hydrogen (secondary N) is 1. The van der Waals surface area contributed by atoms with Crippen LogP contribution in [0.3, 0.4) is 0 Å². The van der Waals surface area contributed by atoms with Crippen LogP contribution in [0.4, 0.5) is 5.69 Å². The molecule has 1 amide bonds. The van der Waals surface area contributed by atoms with Crippen LogP contribution in [0.2, 0.25) is 0 Å². The number of morpholine rings is 1. The van der Waals surface area contributed by atoms with Crippen molar-refractivity contribution >= 4 is 21.6 Å². The smallest absolute Gasteiger partial charge is 0.243 e. The van der Waals surface area contributed by atoms with Gasteiger partial charge >= 0.3 is 0 Å². The molecule has 0 radical (unpaired) electrons. The minimum absolute atomic E-state index is 0.163. The van der Waals surface area contributed by atoms with Gasteiger partial charge in [-0.3, -0.25) is 4.79 Å². The second-order valence-corrected chi connectivity index (χ2v) is 8.71. The summed E-state index contributed by atoms with van der Waals surface area (Å²) in [6.45, 7) is 1.54. The van der Waals surface area contributed by atoms with Crippen LogP contribution >= 0.6 is 0 Å². The van der Waals surface area contributed by atoms with Gasteiger partial charge < -0.3 is 19.5 Å². The van der Waals surface area contributed by atoms with Crippen LogP contribution in [0.5, 0.6) is 11.5 Å². The van der Waals surface area contributed by atoms with Crippen LogP contribution in [-0.2, 0) is 26.0 Å². The van der Waals surface area contributed by atoms with Crippen LogP contribution in [0.15, 0.2) is 47.4 Å². The van der Waals surface area contributed by atoms with Crippen molar-refractivity contribution in [1.82, 2.24) is 4.31 Å². The van der Waals surface area contributed by atoms with Crippen LogP contribution in [-0.4, -0.2) is 59.2 Å². The lowest BCUT2D eigenvalue weighted by Crippen LogP contribution is -2.40. The van der Waals surface area contributed by atoms with E-state index in [1.54, 1.807) is 49.6 Å². The van der Waals surface area contributed by atoms with Gasteiger partial charge in [0.1, 0.15) is 11.5 Å². The van der Waals surface area contributed by atoms with E-state index < -0.39 is 10.0 Å². The van der Waals surface area contributed by atoms with E-state index in [-0.39, 0.29) is 17.2 Å². The third-order valence-corrected chi connectivity index (χ3v) is 6.77. The number of ether oxygens (including phenoxy) is 3. The van der Waals surface area contributed by atoms with Gasteiger partial charge in [-0.1, -0.05) is 12.1 Å². The van der Waals surface area contributed by atoms with Crippen molar-refractivity contribution in [3.05, 3.63) is 48.0 Å². The van der Waals surface area contributed by atoms with Crippen LogP contribution < -0.4 is 14.8 Å². The van der Waals surface area contributed by atoms with E-state index in [9.17, 15) is 13.2 Å². The molecule has 2 aromatic rings. The van der Waals surface area contributed by atoms with Gasteiger partial charge in [-0.15, -0.1) is 0 Å². The van der Waals surface area contributed by atoms with E-state index in [1.807, 2.05) is 0 Å². The summed E-state index contributed by atoms with van der Waals surface area (Å²) in [5.41, 5.74) is 1.45. The van der Waals surface area contributed by atoms with E-state index in [4.69, 9.17) is 14.2 Å². The lowest BCUT2D eigenvalue weighted by Gasteiger charge is -2.26. The number of hydrogen-bond acceptors (Lipinski definition) is 6. The molecule has 1 heterocycles. The van der Waals surface area contributed by atoms with Gasteiger partial charge in [-0.25, -0.2) is 8.42 Å². The average molecular weight is 435 g/mol. The number of hydrogen-bond donors (Lipinski definition) is 1. The molecule has 30 heavy (non-hydrogen) atoms. The van der Waals surface area contributed by atoms with Gasteiger partial charge in [0.15, 0.2) is 0 Å². The van der Waals surface area contributed by atoms with Crippen LogP contribution in [0.1, 0.15) is 12.0 Å². The average Bonchev–Trinajstić information content (AvgIpc) is 2.78. The zero-order valence-corrected chi connectivity index (χ0v) is 17.9. The Morgan fingerprint density at radius 3 is 2.40 bits per heavy atom. The van der Waals surface area contributed by atoms with E-state index in [1.165, 1.54) is 11.4 Å².